The van der Waals surface area contributed by atoms with Crippen molar-refractivity contribution in [1.82, 2.24) is 19.8 Å². The van der Waals surface area contributed by atoms with Gasteiger partial charge in [-0.25, -0.2) is 14.8 Å². The molecule has 2 aromatic heterocycles. The number of amides is 1. The molecule has 3 aromatic rings. The van der Waals surface area contributed by atoms with Gasteiger partial charge < -0.3 is 19.3 Å². The van der Waals surface area contributed by atoms with Crippen LogP contribution in [0.2, 0.25) is 5.02 Å². The molecule has 43 heavy (non-hydrogen) atoms. The van der Waals surface area contributed by atoms with Crippen LogP contribution < -0.4 is 4.90 Å². The molecular formula is C32H35ClN6O4. The molecule has 1 saturated heterocycles. The molecule has 0 bridgehead atoms. The first-order chi connectivity index (χ1) is 20.5. The number of aldehydes is 1. The summed E-state index contributed by atoms with van der Waals surface area (Å²) < 4.78 is 12.1. The lowest BCUT2D eigenvalue weighted by Gasteiger charge is -2.46. The van der Waals surface area contributed by atoms with Gasteiger partial charge in [0, 0.05) is 43.0 Å². The first kappa shape index (κ1) is 29.1. The quantitative estimate of drug-likeness (QED) is 0.323. The Kier molecular flexibility index (Phi) is 7.38. The van der Waals surface area contributed by atoms with Gasteiger partial charge in [-0.15, -0.1) is 0 Å². The van der Waals surface area contributed by atoms with Crippen molar-refractivity contribution < 1.29 is 19.1 Å². The average Bonchev–Trinajstić information content (AvgIpc) is 2.96. The zero-order valence-corrected chi connectivity index (χ0v) is 25.9. The third-order valence-electron chi connectivity index (χ3n) is 7.88. The van der Waals surface area contributed by atoms with Gasteiger partial charge in [0.05, 0.1) is 27.7 Å². The van der Waals surface area contributed by atoms with E-state index in [-0.39, 0.29) is 18.2 Å². The number of ether oxygens (including phenoxy) is 2. The van der Waals surface area contributed by atoms with E-state index in [4.69, 9.17) is 31.1 Å². The minimum absolute atomic E-state index is 0.0784. The van der Waals surface area contributed by atoms with Crippen molar-refractivity contribution in [3.63, 3.8) is 0 Å². The number of pyridine rings is 2. The fraction of sp³-hybridized carbons (Fsp3) is 0.406. The minimum atomic E-state index is -0.702. The average molecular weight is 603 g/mol. The smallest absolute Gasteiger partial charge is 0.410 e. The van der Waals surface area contributed by atoms with Crippen LogP contribution in [0.4, 0.5) is 16.3 Å². The molecular weight excluding hydrogens is 568 g/mol. The Bertz CT molecular complexity index is 1640. The van der Waals surface area contributed by atoms with Crippen LogP contribution in [0.15, 0.2) is 47.6 Å². The van der Waals surface area contributed by atoms with Gasteiger partial charge in [-0.3, -0.25) is 14.7 Å². The second-order valence-corrected chi connectivity index (χ2v) is 12.6. The van der Waals surface area contributed by atoms with Gasteiger partial charge >= 0.3 is 6.09 Å². The van der Waals surface area contributed by atoms with Gasteiger partial charge in [0.2, 0.25) is 6.35 Å². The summed E-state index contributed by atoms with van der Waals surface area (Å²) in [4.78, 5) is 45.6. The van der Waals surface area contributed by atoms with Gasteiger partial charge in [-0.05, 0) is 59.2 Å². The lowest BCUT2D eigenvalue weighted by molar-refractivity contribution is -0.00934. The second-order valence-electron chi connectivity index (χ2n) is 12.2. The summed E-state index contributed by atoms with van der Waals surface area (Å²) in [5.74, 6) is 1.30. The molecule has 2 unspecified atom stereocenters. The maximum Gasteiger partial charge on any atom is 0.410 e. The van der Waals surface area contributed by atoms with E-state index in [0.29, 0.717) is 53.1 Å². The van der Waals surface area contributed by atoms with Crippen molar-refractivity contribution in [3.8, 4) is 11.3 Å². The van der Waals surface area contributed by atoms with E-state index in [1.807, 2.05) is 69.9 Å². The summed E-state index contributed by atoms with van der Waals surface area (Å²) in [6, 6.07) is 11.0. The first-order valence-electron chi connectivity index (χ1n) is 14.4. The second kappa shape index (κ2) is 10.9. The number of aliphatic imine (C=N–C) groups is 1. The number of hydrogen-bond donors (Lipinski definition) is 0. The summed E-state index contributed by atoms with van der Waals surface area (Å²) in [6.45, 7) is 13.1. The molecule has 3 aliphatic rings. The highest BCUT2D eigenvalue weighted by molar-refractivity contribution is 6.34. The summed E-state index contributed by atoms with van der Waals surface area (Å²) in [6.07, 6.45) is 1.26. The molecule has 0 N–H and O–H groups in total. The number of amidine groups is 1. The van der Waals surface area contributed by atoms with Gasteiger partial charge in [0.1, 0.15) is 23.4 Å². The number of anilines is 2. The Balaban J connectivity index is 1.47. The van der Waals surface area contributed by atoms with Crippen molar-refractivity contribution in [2.24, 2.45) is 4.99 Å². The van der Waals surface area contributed by atoms with Crippen LogP contribution in [0, 0.1) is 6.92 Å². The Morgan fingerprint density at radius 1 is 1.14 bits per heavy atom. The number of halogens is 1. The number of piperazine rings is 1. The van der Waals surface area contributed by atoms with Crippen molar-refractivity contribution in [3.05, 3.63) is 70.0 Å². The van der Waals surface area contributed by atoms with Crippen LogP contribution in [-0.4, -0.2) is 75.6 Å². The third kappa shape index (κ3) is 5.23. The van der Waals surface area contributed by atoms with Crippen LogP contribution in [0.5, 0.6) is 0 Å². The van der Waals surface area contributed by atoms with E-state index < -0.39 is 12.0 Å². The van der Waals surface area contributed by atoms with E-state index in [1.54, 1.807) is 17.2 Å². The fourth-order valence-corrected chi connectivity index (χ4v) is 6.15. The van der Waals surface area contributed by atoms with E-state index >= 15 is 0 Å². The standard InChI is InChI=1S/C32H35ClN6O4/c1-18-11-12-34-25-20(3)42-30-36-28(38-14-13-37(16-19(38)2)31(41)43-32(4,5)6)23-15-24(33)26(35-29(23)39(30)27(18)25)22-10-8-7-9-21(22)17-40/h7-12,15,17,19-20,30H,13-14,16H2,1-6H3/t19-,20?,30?/m0/s1. The summed E-state index contributed by atoms with van der Waals surface area (Å²) >= 11 is 6.94. The van der Waals surface area contributed by atoms with E-state index in [1.165, 1.54) is 0 Å². The molecule has 1 aromatic carbocycles. The predicted octanol–water partition coefficient (Wildman–Crippen LogP) is 6.13. The van der Waals surface area contributed by atoms with Gasteiger partial charge in [-0.1, -0.05) is 35.9 Å². The molecule has 0 radical (unpaired) electrons. The molecule has 3 atom stereocenters. The molecule has 0 saturated carbocycles. The van der Waals surface area contributed by atoms with E-state index in [0.717, 1.165) is 28.8 Å². The van der Waals surface area contributed by atoms with Crippen molar-refractivity contribution in [1.29, 1.82) is 0 Å². The number of aromatic nitrogens is 2. The van der Waals surface area contributed by atoms with Gasteiger partial charge in [-0.2, -0.15) is 0 Å². The van der Waals surface area contributed by atoms with Gasteiger partial charge in [0.15, 0.2) is 6.29 Å². The molecule has 0 aliphatic carbocycles. The maximum absolute atomic E-state index is 12.9. The van der Waals surface area contributed by atoms with Crippen LogP contribution in [0.25, 0.3) is 11.3 Å². The van der Waals surface area contributed by atoms with E-state index in [9.17, 15) is 9.59 Å². The fourth-order valence-electron chi connectivity index (χ4n) is 5.90. The highest BCUT2D eigenvalue weighted by atomic mass is 35.5. The lowest BCUT2D eigenvalue weighted by Crippen LogP contribution is -2.57. The number of benzene rings is 1. The number of nitrogens with zero attached hydrogens (tertiary/aromatic N) is 6. The Labute approximate surface area is 256 Å². The highest BCUT2D eigenvalue weighted by Gasteiger charge is 2.43. The molecule has 1 fully saturated rings. The Hall–Kier alpha value is -4.02. The molecule has 6 rings (SSSR count). The first-order valence-corrected chi connectivity index (χ1v) is 14.8. The molecule has 1 amide bonds. The van der Waals surface area contributed by atoms with Crippen molar-refractivity contribution in [2.75, 3.05) is 24.5 Å². The third-order valence-corrected chi connectivity index (χ3v) is 8.17. The van der Waals surface area contributed by atoms with Crippen LogP contribution >= 0.6 is 11.6 Å². The van der Waals surface area contributed by atoms with Crippen LogP contribution in [-0.2, 0) is 9.47 Å². The number of hydrogen-bond acceptors (Lipinski definition) is 9. The van der Waals surface area contributed by atoms with Gasteiger partial charge in [0.25, 0.3) is 0 Å². The lowest BCUT2D eigenvalue weighted by atomic mass is 10.0. The topological polar surface area (TPSA) is 100 Å². The zero-order chi connectivity index (χ0) is 30.6. The minimum Gasteiger partial charge on any atom is -0.444 e. The number of fused-ring (bicyclic) bond motifs is 5. The molecule has 3 aliphatic heterocycles. The molecule has 0 spiro atoms. The highest BCUT2D eigenvalue weighted by Crippen LogP contribution is 2.46. The molecule has 10 nitrogen and oxygen atoms in total. The Morgan fingerprint density at radius 2 is 1.91 bits per heavy atom. The normalized spacial score (nSPS) is 21.4. The molecule has 5 heterocycles. The molecule has 11 heteroatoms. The SMILES string of the molecule is Cc1ccnc2c1N1c3nc(-c4ccccc4C=O)c(Cl)cc3C(N3CCN(C(=O)OC(C)(C)C)C[C@@H]3C)=NC1OC2C. The summed E-state index contributed by atoms with van der Waals surface area (Å²) in [5, 5.41) is 0.397. The zero-order valence-electron chi connectivity index (χ0n) is 25.2. The summed E-state index contributed by atoms with van der Waals surface area (Å²) in [7, 11) is 0. The number of carbonyl (C=O) groups is 2. The van der Waals surface area contributed by atoms with Crippen LogP contribution in [0.3, 0.4) is 0 Å². The molecule has 224 valence electrons. The maximum atomic E-state index is 12.9. The largest absolute Gasteiger partial charge is 0.444 e. The van der Waals surface area contributed by atoms with E-state index in [2.05, 4.69) is 16.8 Å². The number of aryl methyl sites for hydroxylation is 1. The summed E-state index contributed by atoms with van der Waals surface area (Å²) in [5.41, 5.74) is 4.49. The number of rotatable bonds is 2. The van der Waals surface area contributed by atoms with Crippen molar-refractivity contribution >= 4 is 41.3 Å². The monoisotopic (exact) mass is 602 g/mol. The van der Waals surface area contributed by atoms with Crippen LogP contribution in [0.1, 0.15) is 67.9 Å². The number of carbonyl (C=O) groups excluding carboxylic acids is 2. The predicted molar refractivity (Wildman–Crippen MR) is 165 cm³/mol. The van der Waals surface area contributed by atoms with Crippen molar-refractivity contribution in [2.45, 2.75) is 65.6 Å². The Morgan fingerprint density at radius 3 is 2.63 bits per heavy atom.